The zero-order valence-corrected chi connectivity index (χ0v) is 14.2. The van der Waals surface area contributed by atoms with Crippen molar-refractivity contribution < 1.29 is 9.84 Å². The summed E-state index contributed by atoms with van der Waals surface area (Å²) in [6.07, 6.45) is 4.53. The van der Waals surface area contributed by atoms with Crippen LogP contribution < -0.4 is 4.74 Å². The molecule has 1 aromatic heterocycles. The molecule has 3 nitrogen and oxygen atoms in total. The molecule has 0 aliphatic heterocycles. The Hall–Kier alpha value is -1.91. The number of ether oxygens (including phenoxy) is 1. The van der Waals surface area contributed by atoms with Gasteiger partial charge >= 0.3 is 0 Å². The molecule has 3 aromatic rings. The standard InChI is InChI=1S/C19H18BrNO2/c20-16-7-9-18-15(11-16)4-1-5-19(18)23-13-17(22)8-6-14-3-2-10-21-12-14/h1-5,7,9-12,17,22H,6,8,13H2/t17-/m0/s1. The van der Waals surface area contributed by atoms with Gasteiger partial charge in [0, 0.05) is 22.3 Å². The third-order valence-electron chi connectivity index (χ3n) is 3.72. The summed E-state index contributed by atoms with van der Waals surface area (Å²) in [5.41, 5.74) is 1.13. The van der Waals surface area contributed by atoms with Gasteiger partial charge in [0.15, 0.2) is 0 Å². The zero-order chi connectivity index (χ0) is 16.1. The predicted molar refractivity (Wildman–Crippen MR) is 95.7 cm³/mol. The number of nitrogens with zero attached hydrogens (tertiary/aromatic N) is 1. The van der Waals surface area contributed by atoms with Gasteiger partial charge in [0.05, 0.1) is 6.10 Å². The Labute approximate surface area is 144 Å². The highest BCUT2D eigenvalue weighted by Gasteiger charge is 2.08. The van der Waals surface area contributed by atoms with Gasteiger partial charge in [-0.25, -0.2) is 0 Å². The summed E-state index contributed by atoms with van der Waals surface area (Å²) in [5.74, 6) is 0.801. The van der Waals surface area contributed by atoms with Crippen LogP contribution in [0.15, 0.2) is 65.4 Å². The van der Waals surface area contributed by atoms with Crippen LogP contribution in [-0.2, 0) is 6.42 Å². The van der Waals surface area contributed by atoms with Crippen molar-refractivity contribution in [1.29, 1.82) is 0 Å². The van der Waals surface area contributed by atoms with Crippen LogP contribution in [0.4, 0.5) is 0 Å². The van der Waals surface area contributed by atoms with Crippen LogP contribution in [0, 0.1) is 0 Å². The summed E-state index contributed by atoms with van der Waals surface area (Å²) in [7, 11) is 0. The number of pyridine rings is 1. The molecule has 2 aromatic carbocycles. The van der Waals surface area contributed by atoms with E-state index in [0.29, 0.717) is 6.42 Å². The molecule has 0 spiro atoms. The molecule has 0 saturated carbocycles. The van der Waals surface area contributed by atoms with Crippen molar-refractivity contribution in [3.05, 3.63) is 71.0 Å². The lowest BCUT2D eigenvalue weighted by Gasteiger charge is -2.14. The molecule has 0 unspecified atom stereocenters. The van der Waals surface area contributed by atoms with Gasteiger partial charge in [-0.2, -0.15) is 0 Å². The quantitative estimate of drug-likeness (QED) is 0.699. The summed E-state index contributed by atoms with van der Waals surface area (Å²) in [4.78, 5) is 4.08. The van der Waals surface area contributed by atoms with Crippen molar-refractivity contribution in [3.8, 4) is 5.75 Å². The molecule has 3 rings (SSSR count). The highest BCUT2D eigenvalue weighted by atomic mass is 79.9. The van der Waals surface area contributed by atoms with E-state index in [2.05, 4.69) is 27.0 Å². The molecule has 1 heterocycles. The van der Waals surface area contributed by atoms with E-state index in [0.717, 1.165) is 33.0 Å². The van der Waals surface area contributed by atoms with Crippen molar-refractivity contribution >= 4 is 26.7 Å². The van der Waals surface area contributed by atoms with E-state index in [1.54, 1.807) is 6.20 Å². The van der Waals surface area contributed by atoms with Gasteiger partial charge in [0.1, 0.15) is 12.4 Å². The molecule has 0 aliphatic rings. The molecular formula is C19H18BrNO2. The van der Waals surface area contributed by atoms with Crippen molar-refractivity contribution in [2.45, 2.75) is 18.9 Å². The number of hydrogen-bond acceptors (Lipinski definition) is 3. The molecule has 0 amide bonds. The molecule has 0 fully saturated rings. The molecule has 1 N–H and O–H groups in total. The summed E-state index contributed by atoms with van der Waals surface area (Å²) < 4.78 is 6.87. The number of fused-ring (bicyclic) bond motifs is 1. The van der Waals surface area contributed by atoms with E-state index in [1.807, 2.05) is 48.7 Å². The molecule has 0 radical (unpaired) electrons. The number of aliphatic hydroxyl groups excluding tert-OH is 1. The van der Waals surface area contributed by atoms with Crippen molar-refractivity contribution in [2.24, 2.45) is 0 Å². The monoisotopic (exact) mass is 371 g/mol. The largest absolute Gasteiger partial charge is 0.490 e. The van der Waals surface area contributed by atoms with Gasteiger partial charge in [-0.05, 0) is 54.1 Å². The Morgan fingerprint density at radius 3 is 2.87 bits per heavy atom. The van der Waals surface area contributed by atoms with Crippen LogP contribution in [-0.4, -0.2) is 22.8 Å². The third kappa shape index (κ3) is 4.30. The number of benzene rings is 2. The summed E-state index contributed by atoms with van der Waals surface area (Å²) in [5, 5.41) is 12.3. The maximum atomic E-state index is 10.1. The first kappa shape index (κ1) is 16.0. The average molecular weight is 372 g/mol. The number of hydrogen-bond donors (Lipinski definition) is 1. The van der Waals surface area contributed by atoms with Gasteiger partial charge in [0.2, 0.25) is 0 Å². The Kier molecular flexibility index (Phi) is 5.26. The molecule has 1 atom stereocenters. The second-order valence-electron chi connectivity index (χ2n) is 5.49. The van der Waals surface area contributed by atoms with Crippen molar-refractivity contribution in [2.75, 3.05) is 6.61 Å². The van der Waals surface area contributed by atoms with E-state index in [9.17, 15) is 5.11 Å². The first-order chi connectivity index (χ1) is 11.2. The van der Waals surface area contributed by atoms with E-state index in [1.165, 1.54) is 0 Å². The zero-order valence-electron chi connectivity index (χ0n) is 12.7. The molecule has 23 heavy (non-hydrogen) atoms. The second kappa shape index (κ2) is 7.57. The second-order valence-corrected chi connectivity index (χ2v) is 6.40. The summed E-state index contributed by atoms with van der Waals surface area (Å²) in [6.45, 7) is 0.287. The lowest BCUT2D eigenvalue weighted by molar-refractivity contribution is 0.101. The van der Waals surface area contributed by atoms with Gasteiger partial charge in [-0.1, -0.05) is 34.1 Å². The Balaban J connectivity index is 1.60. The van der Waals surface area contributed by atoms with Crippen molar-refractivity contribution in [1.82, 2.24) is 4.98 Å². The minimum Gasteiger partial charge on any atom is -0.490 e. The highest BCUT2D eigenvalue weighted by Crippen LogP contribution is 2.28. The summed E-state index contributed by atoms with van der Waals surface area (Å²) in [6, 6.07) is 15.9. The fraction of sp³-hybridized carbons (Fsp3) is 0.211. The molecule has 0 aliphatic carbocycles. The number of halogens is 1. The van der Waals surface area contributed by atoms with E-state index in [-0.39, 0.29) is 6.61 Å². The Morgan fingerprint density at radius 2 is 2.04 bits per heavy atom. The number of rotatable bonds is 6. The van der Waals surface area contributed by atoms with E-state index >= 15 is 0 Å². The molecule has 4 heteroatoms. The van der Waals surface area contributed by atoms with Crippen LogP contribution in [0.3, 0.4) is 0 Å². The smallest absolute Gasteiger partial charge is 0.127 e. The Bertz CT molecular complexity index is 777. The lowest BCUT2D eigenvalue weighted by atomic mass is 10.1. The summed E-state index contributed by atoms with van der Waals surface area (Å²) >= 11 is 3.48. The van der Waals surface area contributed by atoms with E-state index < -0.39 is 6.10 Å². The van der Waals surface area contributed by atoms with Crippen LogP contribution >= 0.6 is 15.9 Å². The highest BCUT2D eigenvalue weighted by molar-refractivity contribution is 9.10. The third-order valence-corrected chi connectivity index (χ3v) is 4.22. The molecule has 118 valence electrons. The van der Waals surface area contributed by atoms with Crippen LogP contribution in [0.2, 0.25) is 0 Å². The Morgan fingerprint density at radius 1 is 1.13 bits per heavy atom. The average Bonchev–Trinajstić information content (AvgIpc) is 2.58. The fourth-order valence-electron chi connectivity index (χ4n) is 2.50. The minimum absolute atomic E-state index is 0.287. The molecule has 0 saturated heterocycles. The minimum atomic E-state index is -0.499. The fourth-order valence-corrected chi connectivity index (χ4v) is 2.88. The van der Waals surface area contributed by atoms with Crippen LogP contribution in [0.5, 0.6) is 5.75 Å². The first-order valence-electron chi connectivity index (χ1n) is 7.60. The molecule has 0 bridgehead atoms. The number of aromatic nitrogens is 1. The van der Waals surface area contributed by atoms with Crippen LogP contribution in [0.1, 0.15) is 12.0 Å². The normalized spacial score (nSPS) is 12.3. The predicted octanol–water partition coefficient (Wildman–Crippen LogP) is 4.37. The van der Waals surface area contributed by atoms with Gasteiger partial charge in [-0.15, -0.1) is 0 Å². The number of aliphatic hydroxyl groups is 1. The SMILES string of the molecule is O[C@@H](CCc1cccnc1)COc1cccc2cc(Br)ccc12. The van der Waals surface area contributed by atoms with Gasteiger partial charge < -0.3 is 9.84 Å². The van der Waals surface area contributed by atoms with Crippen molar-refractivity contribution in [3.63, 3.8) is 0 Å². The van der Waals surface area contributed by atoms with Gasteiger partial charge in [-0.3, -0.25) is 4.98 Å². The van der Waals surface area contributed by atoms with Gasteiger partial charge in [0.25, 0.3) is 0 Å². The molecular weight excluding hydrogens is 354 g/mol. The number of aryl methyl sites for hydroxylation is 1. The first-order valence-corrected chi connectivity index (χ1v) is 8.40. The topological polar surface area (TPSA) is 42.4 Å². The lowest BCUT2D eigenvalue weighted by Crippen LogP contribution is -2.18. The maximum absolute atomic E-state index is 10.1. The van der Waals surface area contributed by atoms with Crippen LogP contribution in [0.25, 0.3) is 10.8 Å². The van der Waals surface area contributed by atoms with E-state index in [4.69, 9.17) is 4.74 Å². The maximum Gasteiger partial charge on any atom is 0.127 e.